The van der Waals surface area contributed by atoms with E-state index in [9.17, 15) is 4.79 Å². The van der Waals surface area contributed by atoms with Crippen LogP contribution < -0.4 is 0 Å². The third-order valence-electron chi connectivity index (χ3n) is 2.42. The van der Waals surface area contributed by atoms with Crippen molar-refractivity contribution in [1.82, 2.24) is 0 Å². The van der Waals surface area contributed by atoms with Gasteiger partial charge < -0.3 is 4.79 Å². The molecular weight excluding hydrogens is 180 g/mol. The minimum absolute atomic E-state index is 0.178. The van der Waals surface area contributed by atoms with Crippen LogP contribution in [0.2, 0.25) is 0 Å². The molecule has 1 heterocycles. The first-order valence-corrected chi connectivity index (χ1v) is 5.51. The first-order valence-electron chi connectivity index (χ1n) is 4.63. The summed E-state index contributed by atoms with van der Waals surface area (Å²) in [5.74, 6) is 0.622. The van der Waals surface area contributed by atoms with Gasteiger partial charge in [0.15, 0.2) is 0 Å². The van der Waals surface area contributed by atoms with Crippen molar-refractivity contribution in [1.29, 1.82) is 0 Å². The Kier molecular flexibility index (Phi) is 3.67. The second-order valence-electron chi connectivity index (χ2n) is 3.77. The molecule has 1 aromatic rings. The van der Waals surface area contributed by atoms with Gasteiger partial charge >= 0.3 is 0 Å². The molecule has 72 valence electrons. The first kappa shape index (κ1) is 10.5. The zero-order chi connectivity index (χ0) is 9.84. The Morgan fingerprint density at radius 3 is 2.62 bits per heavy atom. The standard InChI is InChI=1S/C11H16OS/c1-8(2)10(7-12)6-11-9(3)4-5-13-11/h4-5,7-8,10H,6H2,1-3H3. The van der Waals surface area contributed by atoms with E-state index in [0.29, 0.717) is 5.92 Å². The van der Waals surface area contributed by atoms with Gasteiger partial charge in [0, 0.05) is 10.8 Å². The fourth-order valence-electron chi connectivity index (χ4n) is 1.27. The molecule has 0 aliphatic carbocycles. The quantitative estimate of drug-likeness (QED) is 0.676. The van der Waals surface area contributed by atoms with E-state index in [1.54, 1.807) is 11.3 Å². The van der Waals surface area contributed by atoms with E-state index in [2.05, 4.69) is 32.2 Å². The monoisotopic (exact) mass is 196 g/mol. The maximum atomic E-state index is 10.8. The lowest BCUT2D eigenvalue weighted by molar-refractivity contribution is -0.112. The zero-order valence-corrected chi connectivity index (χ0v) is 9.23. The molecule has 0 bridgehead atoms. The van der Waals surface area contributed by atoms with Crippen molar-refractivity contribution in [2.75, 3.05) is 0 Å². The second kappa shape index (κ2) is 4.56. The Morgan fingerprint density at radius 1 is 1.54 bits per heavy atom. The third kappa shape index (κ3) is 2.66. The van der Waals surface area contributed by atoms with Gasteiger partial charge in [-0.05, 0) is 36.3 Å². The topological polar surface area (TPSA) is 17.1 Å². The van der Waals surface area contributed by atoms with E-state index >= 15 is 0 Å². The Hall–Kier alpha value is -0.630. The van der Waals surface area contributed by atoms with Gasteiger partial charge in [-0.3, -0.25) is 0 Å². The molecule has 0 amide bonds. The van der Waals surface area contributed by atoms with Crippen LogP contribution in [-0.4, -0.2) is 6.29 Å². The van der Waals surface area contributed by atoms with Crippen LogP contribution in [-0.2, 0) is 11.2 Å². The van der Waals surface area contributed by atoms with Crippen LogP contribution in [0, 0.1) is 18.8 Å². The number of aryl methyl sites for hydroxylation is 1. The summed E-state index contributed by atoms with van der Waals surface area (Å²) in [6, 6.07) is 2.11. The highest BCUT2D eigenvalue weighted by molar-refractivity contribution is 7.10. The van der Waals surface area contributed by atoms with E-state index in [0.717, 1.165) is 12.7 Å². The van der Waals surface area contributed by atoms with Crippen molar-refractivity contribution in [3.63, 3.8) is 0 Å². The molecule has 1 atom stereocenters. The molecular formula is C11H16OS. The maximum Gasteiger partial charge on any atom is 0.123 e. The summed E-state index contributed by atoms with van der Waals surface area (Å²) in [6.07, 6.45) is 1.99. The fraction of sp³-hybridized carbons (Fsp3) is 0.545. The molecule has 0 aliphatic heterocycles. The minimum Gasteiger partial charge on any atom is -0.303 e. The van der Waals surface area contributed by atoms with Gasteiger partial charge in [0.1, 0.15) is 6.29 Å². The van der Waals surface area contributed by atoms with Crippen molar-refractivity contribution >= 4 is 17.6 Å². The van der Waals surface area contributed by atoms with Gasteiger partial charge in [-0.2, -0.15) is 0 Å². The highest BCUT2D eigenvalue weighted by Gasteiger charge is 2.14. The molecule has 1 nitrogen and oxygen atoms in total. The predicted molar refractivity (Wildman–Crippen MR) is 57.2 cm³/mol. The van der Waals surface area contributed by atoms with Gasteiger partial charge in [-0.15, -0.1) is 11.3 Å². The van der Waals surface area contributed by atoms with Gasteiger partial charge in [0.25, 0.3) is 0 Å². The largest absolute Gasteiger partial charge is 0.303 e. The number of thiophene rings is 1. The van der Waals surface area contributed by atoms with Crippen molar-refractivity contribution in [3.05, 3.63) is 21.9 Å². The first-order chi connectivity index (χ1) is 6.15. The molecule has 0 saturated heterocycles. The van der Waals surface area contributed by atoms with Crippen LogP contribution >= 0.6 is 11.3 Å². The normalized spacial score (nSPS) is 13.2. The lowest BCUT2D eigenvalue weighted by Crippen LogP contribution is -2.12. The second-order valence-corrected chi connectivity index (χ2v) is 4.78. The van der Waals surface area contributed by atoms with E-state index in [1.807, 2.05) is 0 Å². The molecule has 1 aromatic heterocycles. The Labute approximate surface area is 83.8 Å². The van der Waals surface area contributed by atoms with Crippen LogP contribution in [0.1, 0.15) is 24.3 Å². The minimum atomic E-state index is 0.178. The van der Waals surface area contributed by atoms with Crippen LogP contribution in [0.5, 0.6) is 0 Å². The fourth-order valence-corrected chi connectivity index (χ4v) is 2.25. The van der Waals surface area contributed by atoms with E-state index in [-0.39, 0.29) is 5.92 Å². The summed E-state index contributed by atoms with van der Waals surface area (Å²) in [7, 11) is 0. The molecule has 0 saturated carbocycles. The highest BCUT2D eigenvalue weighted by Crippen LogP contribution is 2.22. The zero-order valence-electron chi connectivity index (χ0n) is 8.41. The van der Waals surface area contributed by atoms with Crippen molar-refractivity contribution in [3.8, 4) is 0 Å². The van der Waals surface area contributed by atoms with Crippen molar-refractivity contribution < 1.29 is 4.79 Å². The van der Waals surface area contributed by atoms with Crippen LogP contribution in [0.25, 0.3) is 0 Å². The average molecular weight is 196 g/mol. The summed E-state index contributed by atoms with van der Waals surface area (Å²) in [6.45, 7) is 6.30. The smallest absolute Gasteiger partial charge is 0.123 e. The average Bonchev–Trinajstić information content (AvgIpc) is 2.46. The van der Waals surface area contributed by atoms with Crippen molar-refractivity contribution in [2.45, 2.75) is 27.2 Å². The predicted octanol–water partition coefficient (Wildman–Crippen LogP) is 3.07. The maximum absolute atomic E-state index is 10.8. The molecule has 1 rings (SSSR count). The van der Waals surface area contributed by atoms with Gasteiger partial charge in [-0.1, -0.05) is 13.8 Å². The SMILES string of the molecule is Cc1ccsc1CC(C=O)C(C)C. The van der Waals surface area contributed by atoms with Crippen LogP contribution in [0.3, 0.4) is 0 Å². The summed E-state index contributed by atoms with van der Waals surface area (Å²) in [4.78, 5) is 12.1. The molecule has 0 fully saturated rings. The molecule has 0 aliphatic rings. The Bertz CT molecular complexity index is 275. The van der Waals surface area contributed by atoms with Gasteiger partial charge in [-0.25, -0.2) is 0 Å². The lowest BCUT2D eigenvalue weighted by Gasteiger charge is -2.13. The highest BCUT2D eigenvalue weighted by atomic mass is 32.1. The molecule has 13 heavy (non-hydrogen) atoms. The number of aldehydes is 1. The Balaban J connectivity index is 2.67. The third-order valence-corrected chi connectivity index (χ3v) is 3.47. The van der Waals surface area contributed by atoms with Crippen LogP contribution in [0.15, 0.2) is 11.4 Å². The lowest BCUT2D eigenvalue weighted by atomic mass is 9.93. The molecule has 0 aromatic carbocycles. The molecule has 0 radical (unpaired) electrons. The number of carbonyl (C=O) groups excluding carboxylic acids is 1. The summed E-state index contributed by atoms with van der Waals surface area (Å²) < 4.78 is 0. The molecule has 0 spiro atoms. The number of carbonyl (C=O) groups is 1. The summed E-state index contributed by atoms with van der Waals surface area (Å²) >= 11 is 1.75. The Morgan fingerprint density at radius 2 is 2.23 bits per heavy atom. The van der Waals surface area contributed by atoms with E-state index < -0.39 is 0 Å². The summed E-state index contributed by atoms with van der Waals surface area (Å²) in [5.41, 5.74) is 1.32. The molecule has 0 N–H and O–H groups in total. The van der Waals surface area contributed by atoms with E-state index in [4.69, 9.17) is 0 Å². The number of hydrogen-bond acceptors (Lipinski definition) is 2. The number of hydrogen-bond donors (Lipinski definition) is 0. The van der Waals surface area contributed by atoms with Gasteiger partial charge in [0.2, 0.25) is 0 Å². The number of rotatable bonds is 4. The summed E-state index contributed by atoms with van der Waals surface area (Å²) in [5, 5.41) is 2.09. The molecule has 1 unspecified atom stereocenters. The molecule has 2 heteroatoms. The van der Waals surface area contributed by atoms with Crippen LogP contribution in [0.4, 0.5) is 0 Å². The van der Waals surface area contributed by atoms with Gasteiger partial charge in [0.05, 0.1) is 0 Å². The van der Waals surface area contributed by atoms with E-state index in [1.165, 1.54) is 10.4 Å². The van der Waals surface area contributed by atoms with Crippen molar-refractivity contribution in [2.24, 2.45) is 11.8 Å².